The second-order valence-corrected chi connectivity index (χ2v) is 4.71. The molecule has 2 heterocycles. The summed E-state index contributed by atoms with van der Waals surface area (Å²) in [5.74, 6) is -0.418. The molecule has 0 saturated heterocycles. The number of rotatable bonds is 6. The maximum Gasteiger partial charge on any atom is 0.280 e. The molecule has 0 atom stereocenters. The summed E-state index contributed by atoms with van der Waals surface area (Å²) in [7, 11) is 0. The Bertz CT molecular complexity index is 691. The van der Waals surface area contributed by atoms with Crippen molar-refractivity contribution in [3.63, 3.8) is 0 Å². The van der Waals surface area contributed by atoms with E-state index in [1.165, 1.54) is 10.9 Å². The zero-order chi connectivity index (χ0) is 15.4. The summed E-state index contributed by atoms with van der Waals surface area (Å²) in [6.45, 7) is 3.64. The smallest absolute Gasteiger partial charge is 0.280 e. The molecule has 2 aromatic rings. The minimum absolute atomic E-state index is 0.0649. The molecule has 114 valence electrons. The van der Waals surface area contributed by atoms with Crippen LogP contribution < -0.4 is 10.9 Å². The number of hydrogen-bond donors (Lipinski definition) is 3. The second-order valence-electron chi connectivity index (χ2n) is 4.71. The Morgan fingerprint density at radius 2 is 2.33 bits per heavy atom. The monoisotopic (exact) mass is 295 g/mol. The van der Waals surface area contributed by atoms with E-state index in [2.05, 4.69) is 20.3 Å². The Morgan fingerprint density at radius 3 is 3.00 bits per heavy atom. The molecule has 1 amide bonds. The highest BCUT2D eigenvalue weighted by Crippen LogP contribution is 2.09. The highest BCUT2D eigenvalue weighted by atomic mass is 16.5. The molecule has 0 radical (unpaired) electrons. The SMILES string of the molecule is CC(C)C(=O)Nc1nc2c(ncn2COCCO)c(=O)[nH]1. The maximum atomic E-state index is 11.9. The summed E-state index contributed by atoms with van der Waals surface area (Å²) in [5, 5.41) is 11.2. The van der Waals surface area contributed by atoms with Crippen LogP contribution in [-0.4, -0.2) is 43.7 Å². The Labute approximate surface area is 120 Å². The van der Waals surface area contributed by atoms with Gasteiger partial charge in [-0.3, -0.25) is 24.5 Å². The Balaban J connectivity index is 2.31. The van der Waals surface area contributed by atoms with Gasteiger partial charge in [-0.1, -0.05) is 13.8 Å². The van der Waals surface area contributed by atoms with E-state index in [4.69, 9.17) is 9.84 Å². The van der Waals surface area contributed by atoms with E-state index in [1.54, 1.807) is 13.8 Å². The fourth-order valence-corrected chi connectivity index (χ4v) is 1.60. The van der Waals surface area contributed by atoms with Gasteiger partial charge in [0.25, 0.3) is 5.56 Å². The molecule has 0 unspecified atom stereocenters. The van der Waals surface area contributed by atoms with Crippen LogP contribution in [0.25, 0.3) is 11.2 Å². The number of carbonyl (C=O) groups is 1. The highest BCUT2D eigenvalue weighted by Gasteiger charge is 2.13. The molecule has 0 bridgehead atoms. The number of aliphatic hydroxyl groups excluding tert-OH is 1. The summed E-state index contributed by atoms with van der Waals surface area (Å²) in [4.78, 5) is 34.1. The molecular weight excluding hydrogens is 278 g/mol. The number of fused-ring (bicyclic) bond motifs is 1. The summed E-state index contributed by atoms with van der Waals surface area (Å²) >= 11 is 0. The zero-order valence-corrected chi connectivity index (χ0v) is 11.8. The summed E-state index contributed by atoms with van der Waals surface area (Å²) in [5.41, 5.74) is 0.0147. The Kier molecular flexibility index (Phi) is 4.66. The first kappa shape index (κ1) is 15.1. The number of aliphatic hydroxyl groups is 1. The molecule has 0 aliphatic carbocycles. The molecule has 2 aromatic heterocycles. The molecule has 2 rings (SSSR count). The van der Waals surface area contributed by atoms with Gasteiger partial charge in [-0.2, -0.15) is 4.98 Å². The molecule has 0 spiro atoms. The zero-order valence-electron chi connectivity index (χ0n) is 11.8. The van der Waals surface area contributed by atoms with E-state index in [-0.39, 0.29) is 43.2 Å². The lowest BCUT2D eigenvalue weighted by Gasteiger charge is -2.07. The van der Waals surface area contributed by atoms with Gasteiger partial charge in [-0.25, -0.2) is 4.98 Å². The van der Waals surface area contributed by atoms with Crippen molar-refractivity contribution in [2.45, 2.75) is 20.6 Å². The maximum absolute atomic E-state index is 11.9. The van der Waals surface area contributed by atoms with Crippen LogP contribution in [0.15, 0.2) is 11.1 Å². The summed E-state index contributed by atoms with van der Waals surface area (Å²) in [6.07, 6.45) is 1.42. The van der Waals surface area contributed by atoms with Gasteiger partial charge in [-0.05, 0) is 0 Å². The molecule has 21 heavy (non-hydrogen) atoms. The van der Waals surface area contributed by atoms with Gasteiger partial charge in [0.1, 0.15) is 6.73 Å². The first-order chi connectivity index (χ1) is 10.0. The molecule has 9 nitrogen and oxygen atoms in total. The van der Waals surface area contributed by atoms with Crippen molar-refractivity contribution in [3.8, 4) is 0 Å². The van der Waals surface area contributed by atoms with Crippen LogP contribution in [0, 0.1) is 5.92 Å². The molecule has 0 aliphatic rings. The van der Waals surface area contributed by atoms with Gasteiger partial charge >= 0.3 is 0 Å². The predicted octanol–water partition coefficient (Wildman–Crippen LogP) is -0.320. The molecule has 0 saturated carbocycles. The average molecular weight is 295 g/mol. The Morgan fingerprint density at radius 1 is 1.57 bits per heavy atom. The van der Waals surface area contributed by atoms with Crippen molar-refractivity contribution < 1.29 is 14.6 Å². The number of imidazole rings is 1. The van der Waals surface area contributed by atoms with Gasteiger partial charge in [0, 0.05) is 5.92 Å². The van der Waals surface area contributed by atoms with Gasteiger partial charge < -0.3 is 9.84 Å². The van der Waals surface area contributed by atoms with E-state index in [9.17, 15) is 9.59 Å². The van der Waals surface area contributed by atoms with Crippen molar-refractivity contribution in [1.29, 1.82) is 0 Å². The second kappa shape index (κ2) is 6.46. The number of amides is 1. The van der Waals surface area contributed by atoms with Crippen LogP contribution >= 0.6 is 0 Å². The number of carbonyl (C=O) groups excluding carboxylic acids is 1. The highest BCUT2D eigenvalue weighted by molar-refractivity contribution is 5.90. The number of anilines is 1. The normalized spacial score (nSPS) is 11.2. The third-order valence-electron chi connectivity index (χ3n) is 2.71. The van der Waals surface area contributed by atoms with Crippen molar-refractivity contribution in [2.24, 2.45) is 5.92 Å². The number of ether oxygens (including phenoxy) is 1. The summed E-state index contributed by atoms with van der Waals surface area (Å²) < 4.78 is 6.69. The van der Waals surface area contributed by atoms with E-state index in [0.717, 1.165) is 0 Å². The van der Waals surface area contributed by atoms with Crippen molar-refractivity contribution in [1.82, 2.24) is 19.5 Å². The molecule has 0 aliphatic heterocycles. The van der Waals surface area contributed by atoms with Crippen LogP contribution in [0.5, 0.6) is 0 Å². The van der Waals surface area contributed by atoms with Crippen molar-refractivity contribution in [2.75, 3.05) is 18.5 Å². The lowest BCUT2D eigenvalue weighted by molar-refractivity contribution is -0.118. The topological polar surface area (TPSA) is 122 Å². The minimum atomic E-state index is -0.444. The van der Waals surface area contributed by atoms with Crippen LogP contribution in [-0.2, 0) is 16.3 Å². The molecule has 3 N–H and O–H groups in total. The Hall–Kier alpha value is -2.26. The first-order valence-electron chi connectivity index (χ1n) is 6.47. The molecule has 0 fully saturated rings. The van der Waals surface area contributed by atoms with Crippen LogP contribution in [0.1, 0.15) is 13.8 Å². The standard InChI is InChI=1S/C12H17N5O4/c1-7(2)10(19)15-12-14-9-8(11(20)16-12)13-5-17(9)6-21-4-3-18/h5,7,18H,3-4,6H2,1-2H3,(H2,14,15,16,19,20). The number of hydrogen-bond acceptors (Lipinski definition) is 6. The lowest BCUT2D eigenvalue weighted by atomic mass is 10.2. The van der Waals surface area contributed by atoms with E-state index in [1.807, 2.05) is 0 Å². The summed E-state index contributed by atoms with van der Waals surface area (Å²) in [6, 6.07) is 0. The first-order valence-corrected chi connectivity index (χ1v) is 6.47. The third-order valence-corrected chi connectivity index (χ3v) is 2.71. The van der Waals surface area contributed by atoms with E-state index < -0.39 is 5.56 Å². The molecule has 9 heteroatoms. The fourth-order valence-electron chi connectivity index (χ4n) is 1.60. The molecular formula is C12H17N5O4. The molecule has 0 aromatic carbocycles. The quantitative estimate of drug-likeness (QED) is 0.628. The predicted molar refractivity (Wildman–Crippen MR) is 74.7 cm³/mol. The third kappa shape index (κ3) is 3.44. The van der Waals surface area contributed by atoms with Crippen molar-refractivity contribution >= 4 is 23.0 Å². The van der Waals surface area contributed by atoms with Crippen molar-refractivity contribution in [3.05, 3.63) is 16.7 Å². The largest absolute Gasteiger partial charge is 0.394 e. The average Bonchev–Trinajstić information content (AvgIpc) is 2.83. The lowest BCUT2D eigenvalue weighted by Crippen LogP contribution is -2.22. The number of aromatic nitrogens is 4. The van der Waals surface area contributed by atoms with Crippen LogP contribution in [0.2, 0.25) is 0 Å². The number of nitrogens with one attached hydrogen (secondary N) is 2. The number of nitrogens with zero attached hydrogens (tertiary/aromatic N) is 3. The number of H-pyrrole nitrogens is 1. The van der Waals surface area contributed by atoms with E-state index >= 15 is 0 Å². The van der Waals surface area contributed by atoms with Crippen LogP contribution in [0.3, 0.4) is 0 Å². The van der Waals surface area contributed by atoms with Gasteiger partial charge in [-0.15, -0.1) is 0 Å². The number of aromatic amines is 1. The minimum Gasteiger partial charge on any atom is -0.394 e. The van der Waals surface area contributed by atoms with Gasteiger partial charge in [0.2, 0.25) is 11.9 Å². The van der Waals surface area contributed by atoms with Gasteiger partial charge in [0.15, 0.2) is 11.2 Å². The van der Waals surface area contributed by atoms with E-state index in [0.29, 0.717) is 5.65 Å². The van der Waals surface area contributed by atoms with Gasteiger partial charge in [0.05, 0.1) is 19.5 Å². The van der Waals surface area contributed by atoms with Crippen LogP contribution in [0.4, 0.5) is 5.95 Å². The fraction of sp³-hybridized carbons (Fsp3) is 0.500.